The fourth-order valence-electron chi connectivity index (χ4n) is 3.33. The number of nitriles is 1. The van der Waals surface area contributed by atoms with Gasteiger partial charge in [-0.2, -0.15) is 5.26 Å². The van der Waals surface area contributed by atoms with Crippen LogP contribution in [-0.2, 0) is 9.53 Å². The molecule has 1 aromatic heterocycles. The third kappa shape index (κ3) is 4.66. The summed E-state index contributed by atoms with van der Waals surface area (Å²) in [6.07, 6.45) is 1.52. The lowest BCUT2D eigenvalue weighted by atomic mass is 10.1. The first kappa shape index (κ1) is 20.8. The summed E-state index contributed by atoms with van der Waals surface area (Å²) >= 11 is 5.77. The fraction of sp³-hybridized carbons (Fsp3) is 0.174. The number of carbonyl (C=O) groups excluding carboxylic acids is 1. The number of hydrogen-bond acceptors (Lipinski definition) is 5. The van der Waals surface area contributed by atoms with E-state index < -0.39 is 11.7 Å². The molecule has 156 valence electrons. The monoisotopic (exact) mass is 436 g/mol. The van der Waals surface area contributed by atoms with Gasteiger partial charge in [0, 0.05) is 29.7 Å². The van der Waals surface area contributed by atoms with Gasteiger partial charge < -0.3 is 15.0 Å². The predicted octanol–water partition coefficient (Wildman–Crippen LogP) is 4.41. The Balaban J connectivity index is 1.71. The molecule has 0 atom stereocenters. The zero-order valence-electron chi connectivity index (χ0n) is 16.4. The second kappa shape index (κ2) is 9.13. The summed E-state index contributed by atoms with van der Waals surface area (Å²) in [6.45, 7) is 2.48. The molecule has 31 heavy (non-hydrogen) atoms. The predicted molar refractivity (Wildman–Crippen MR) is 118 cm³/mol. The van der Waals surface area contributed by atoms with E-state index in [1.54, 1.807) is 0 Å². The zero-order chi connectivity index (χ0) is 21.8. The van der Waals surface area contributed by atoms with Gasteiger partial charge in [0.2, 0.25) is 0 Å². The van der Waals surface area contributed by atoms with Crippen LogP contribution >= 0.6 is 11.6 Å². The minimum Gasteiger partial charge on any atom is -0.378 e. The molecule has 0 radical (unpaired) electrons. The van der Waals surface area contributed by atoms with E-state index in [0.717, 1.165) is 17.0 Å². The standard InChI is InChI=1S/C23H18ClFN4O2/c24-19-13-18(5-6-20(19)25)27-23(30)17(14-26)12-16-11-15-3-1-2-4-21(15)28-22(16)29-7-9-31-10-8-29/h1-6,11-13H,7-10H2,(H,27,30)/b17-12+. The summed E-state index contributed by atoms with van der Waals surface area (Å²) in [5.74, 6) is -0.522. The number of nitrogens with zero attached hydrogens (tertiary/aromatic N) is 3. The van der Waals surface area contributed by atoms with Crippen molar-refractivity contribution >= 4 is 46.0 Å². The Morgan fingerprint density at radius 3 is 2.74 bits per heavy atom. The molecule has 0 saturated carbocycles. The number of rotatable bonds is 4. The number of nitrogens with one attached hydrogen (secondary N) is 1. The van der Waals surface area contributed by atoms with Crippen LogP contribution in [0.3, 0.4) is 0 Å². The highest BCUT2D eigenvalue weighted by atomic mass is 35.5. The average molecular weight is 437 g/mol. The number of benzene rings is 2. The van der Waals surface area contributed by atoms with Crippen molar-refractivity contribution in [3.8, 4) is 6.07 Å². The van der Waals surface area contributed by atoms with Crippen LogP contribution < -0.4 is 10.2 Å². The van der Waals surface area contributed by atoms with Crippen LogP contribution in [0, 0.1) is 17.1 Å². The fourth-order valence-corrected chi connectivity index (χ4v) is 3.51. The van der Waals surface area contributed by atoms with E-state index in [1.807, 2.05) is 36.4 Å². The van der Waals surface area contributed by atoms with Crippen molar-refractivity contribution in [2.45, 2.75) is 0 Å². The number of halogens is 2. The molecule has 0 spiro atoms. The zero-order valence-corrected chi connectivity index (χ0v) is 17.2. The molecule has 6 nitrogen and oxygen atoms in total. The van der Waals surface area contributed by atoms with Gasteiger partial charge in [-0.1, -0.05) is 29.8 Å². The number of hydrogen-bond donors (Lipinski definition) is 1. The summed E-state index contributed by atoms with van der Waals surface area (Å²) in [5, 5.41) is 13.0. The molecule has 1 amide bonds. The Morgan fingerprint density at radius 1 is 1.23 bits per heavy atom. The number of carbonyl (C=O) groups is 1. The minimum atomic E-state index is -0.619. The number of fused-ring (bicyclic) bond motifs is 1. The molecule has 2 aromatic carbocycles. The molecule has 0 bridgehead atoms. The summed E-state index contributed by atoms with van der Waals surface area (Å²) < 4.78 is 18.8. The van der Waals surface area contributed by atoms with Crippen molar-refractivity contribution in [2.24, 2.45) is 0 Å². The van der Waals surface area contributed by atoms with E-state index in [0.29, 0.717) is 43.4 Å². The summed E-state index contributed by atoms with van der Waals surface area (Å²) in [4.78, 5) is 19.6. The second-order valence-corrected chi connectivity index (χ2v) is 7.35. The number of anilines is 2. The van der Waals surface area contributed by atoms with E-state index in [2.05, 4.69) is 10.2 Å². The molecular weight excluding hydrogens is 419 g/mol. The number of ether oxygens (including phenoxy) is 1. The molecule has 3 aromatic rings. The topological polar surface area (TPSA) is 78.2 Å². The molecule has 2 heterocycles. The van der Waals surface area contributed by atoms with Gasteiger partial charge in [0.1, 0.15) is 23.3 Å². The Labute approximate surface area is 183 Å². The van der Waals surface area contributed by atoms with E-state index >= 15 is 0 Å². The SMILES string of the molecule is N#C/C(=C\c1cc2ccccc2nc1N1CCOCC1)C(=O)Nc1ccc(F)c(Cl)c1. The van der Waals surface area contributed by atoms with Crippen molar-refractivity contribution in [3.05, 3.63) is 70.5 Å². The average Bonchev–Trinajstić information content (AvgIpc) is 2.79. The lowest BCUT2D eigenvalue weighted by Crippen LogP contribution is -2.37. The van der Waals surface area contributed by atoms with Crippen LogP contribution in [0.25, 0.3) is 17.0 Å². The highest BCUT2D eigenvalue weighted by molar-refractivity contribution is 6.31. The van der Waals surface area contributed by atoms with Crippen molar-refractivity contribution in [2.75, 3.05) is 36.5 Å². The third-order valence-corrected chi connectivity index (χ3v) is 5.17. The Hall–Kier alpha value is -3.47. The summed E-state index contributed by atoms with van der Waals surface area (Å²) in [6, 6.07) is 15.3. The number of aromatic nitrogens is 1. The molecule has 1 fully saturated rings. The van der Waals surface area contributed by atoms with Gasteiger partial charge in [-0.05, 0) is 36.4 Å². The number of pyridine rings is 1. The normalized spacial score (nSPS) is 14.4. The first-order valence-electron chi connectivity index (χ1n) is 9.66. The summed E-state index contributed by atoms with van der Waals surface area (Å²) in [7, 11) is 0. The molecular formula is C23H18ClFN4O2. The molecule has 1 aliphatic rings. The van der Waals surface area contributed by atoms with Crippen LogP contribution in [-0.4, -0.2) is 37.2 Å². The molecule has 0 aliphatic carbocycles. The Morgan fingerprint density at radius 2 is 2.00 bits per heavy atom. The minimum absolute atomic E-state index is 0.105. The van der Waals surface area contributed by atoms with Crippen LogP contribution in [0.5, 0.6) is 0 Å². The van der Waals surface area contributed by atoms with Gasteiger partial charge in [0.15, 0.2) is 0 Å². The molecule has 1 N–H and O–H groups in total. The number of amides is 1. The van der Waals surface area contributed by atoms with Gasteiger partial charge in [-0.15, -0.1) is 0 Å². The van der Waals surface area contributed by atoms with Crippen LogP contribution in [0.4, 0.5) is 15.9 Å². The van der Waals surface area contributed by atoms with Crippen LogP contribution in [0.15, 0.2) is 54.1 Å². The van der Waals surface area contributed by atoms with Gasteiger partial charge in [-0.25, -0.2) is 9.37 Å². The number of morpholine rings is 1. The first-order valence-corrected chi connectivity index (χ1v) is 10.0. The van der Waals surface area contributed by atoms with E-state index in [4.69, 9.17) is 21.3 Å². The third-order valence-electron chi connectivity index (χ3n) is 4.89. The maximum absolute atomic E-state index is 13.4. The van der Waals surface area contributed by atoms with Gasteiger partial charge in [-0.3, -0.25) is 4.79 Å². The van der Waals surface area contributed by atoms with Crippen LogP contribution in [0.2, 0.25) is 5.02 Å². The quantitative estimate of drug-likeness (QED) is 0.484. The maximum Gasteiger partial charge on any atom is 0.266 e. The van der Waals surface area contributed by atoms with Gasteiger partial charge in [0.25, 0.3) is 5.91 Å². The van der Waals surface area contributed by atoms with Gasteiger partial charge in [0.05, 0.1) is 23.8 Å². The lowest BCUT2D eigenvalue weighted by Gasteiger charge is -2.29. The molecule has 0 unspecified atom stereocenters. The maximum atomic E-state index is 13.4. The molecule has 8 heteroatoms. The van der Waals surface area contributed by atoms with Crippen molar-refractivity contribution in [1.82, 2.24) is 4.98 Å². The number of para-hydroxylation sites is 1. The summed E-state index contributed by atoms with van der Waals surface area (Å²) in [5.41, 5.74) is 1.67. The first-order chi connectivity index (χ1) is 15.0. The van der Waals surface area contributed by atoms with Crippen molar-refractivity contribution < 1.29 is 13.9 Å². The largest absolute Gasteiger partial charge is 0.378 e. The van der Waals surface area contributed by atoms with E-state index in [1.165, 1.54) is 18.2 Å². The highest BCUT2D eigenvalue weighted by Gasteiger charge is 2.18. The lowest BCUT2D eigenvalue weighted by molar-refractivity contribution is -0.112. The van der Waals surface area contributed by atoms with Gasteiger partial charge >= 0.3 is 0 Å². The Bertz CT molecular complexity index is 1220. The second-order valence-electron chi connectivity index (χ2n) is 6.95. The molecule has 1 saturated heterocycles. The van der Waals surface area contributed by atoms with Crippen molar-refractivity contribution in [3.63, 3.8) is 0 Å². The van der Waals surface area contributed by atoms with Crippen molar-refractivity contribution in [1.29, 1.82) is 5.26 Å². The molecule has 1 aliphatic heterocycles. The van der Waals surface area contributed by atoms with Crippen LogP contribution in [0.1, 0.15) is 5.56 Å². The highest BCUT2D eigenvalue weighted by Crippen LogP contribution is 2.27. The molecule has 4 rings (SSSR count). The van der Waals surface area contributed by atoms with E-state index in [-0.39, 0.29) is 10.6 Å². The smallest absolute Gasteiger partial charge is 0.266 e. The Kier molecular flexibility index (Phi) is 6.12. The van der Waals surface area contributed by atoms with E-state index in [9.17, 15) is 14.4 Å².